The number of hydrogen-bond acceptors (Lipinski definition) is 2. The van der Waals surface area contributed by atoms with E-state index in [9.17, 15) is 5.11 Å². The third-order valence-corrected chi connectivity index (χ3v) is 3.15. The fraction of sp³-hybridized carbons (Fsp3) is 0.200. The maximum absolute atomic E-state index is 9.35. The molecule has 0 aromatic heterocycles. The normalized spacial score (nSPS) is 12.3. The highest BCUT2D eigenvalue weighted by Gasteiger charge is 2.07. The maximum atomic E-state index is 9.35. The van der Waals surface area contributed by atoms with Gasteiger partial charge in [-0.1, -0.05) is 48.0 Å². The zero-order chi connectivity index (χ0) is 13.0. The lowest BCUT2D eigenvalue weighted by atomic mass is 10.00. The monoisotopic (exact) mass is 261 g/mol. The van der Waals surface area contributed by atoms with Crippen LogP contribution in [0.4, 0.5) is 0 Å². The van der Waals surface area contributed by atoms with Crippen molar-refractivity contribution in [2.75, 3.05) is 0 Å². The summed E-state index contributed by atoms with van der Waals surface area (Å²) in [4.78, 5) is 0. The van der Waals surface area contributed by atoms with Crippen molar-refractivity contribution in [2.24, 2.45) is 5.73 Å². The molecule has 2 aromatic carbocycles. The zero-order valence-corrected chi connectivity index (χ0v) is 10.8. The molecule has 0 fully saturated rings. The van der Waals surface area contributed by atoms with Gasteiger partial charge in [0, 0.05) is 6.04 Å². The number of hydrogen-bond donors (Lipinski definition) is 2. The van der Waals surface area contributed by atoms with Crippen molar-refractivity contribution in [1.29, 1.82) is 0 Å². The third-order valence-electron chi connectivity index (χ3n) is 2.85. The fourth-order valence-corrected chi connectivity index (χ4v) is 2.17. The summed E-state index contributed by atoms with van der Waals surface area (Å²) in [5, 5.41) is 9.72. The Hall–Kier alpha value is -1.51. The molecule has 0 heterocycles. The smallest absolute Gasteiger partial charge is 0.134 e. The van der Waals surface area contributed by atoms with Crippen LogP contribution in [-0.4, -0.2) is 11.1 Å². The minimum Gasteiger partial charge on any atom is -0.506 e. The average molecular weight is 262 g/mol. The highest BCUT2D eigenvalue weighted by Crippen LogP contribution is 2.24. The molecule has 0 spiro atoms. The molecule has 0 aliphatic rings. The first-order valence-corrected chi connectivity index (χ1v) is 6.30. The standard InChI is InChI=1S/C15H16ClNO/c16-14-10-12(6-7-15(14)18)9-13(17)8-11-4-2-1-3-5-11/h1-7,10,13,18H,8-9,17H2. The molecule has 1 unspecified atom stereocenters. The number of benzene rings is 2. The molecule has 0 amide bonds. The van der Waals surface area contributed by atoms with Crippen LogP contribution in [0.3, 0.4) is 0 Å². The van der Waals surface area contributed by atoms with Gasteiger partial charge >= 0.3 is 0 Å². The van der Waals surface area contributed by atoms with E-state index in [1.165, 1.54) is 5.56 Å². The van der Waals surface area contributed by atoms with Crippen LogP contribution in [0.15, 0.2) is 48.5 Å². The van der Waals surface area contributed by atoms with Gasteiger partial charge in [-0.25, -0.2) is 0 Å². The maximum Gasteiger partial charge on any atom is 0.134 e. The Labute approximate surface area is 112 Å². The van der Waals surface area contributed by atoms with Gasteiger partial charge in [0.2, 0.25) is 0 Å². The summed E-state index contributed by atoms with van der Waals surface area (Å²) in [6.07, 6.45) is 1.58. The molecule has 0 aliphatic heterocycles. The largest absolute Gasteiger partial charge is 0.506 e. The van der Waals surface area contributed by atoms with Crippen molar-refractivity contribution in [1.82, 2.24) is 0 Å². The van der Waals surface area contributed by atoms with Crippen molar-refractivity contribution < 1.29 is 5.11 Å². The first-order valence-electron chi connectivity index (χ1n) is 5.92. The van der Waals surface area contributed by atoms with E-state index in [0.717, 1.165) is 18.4 Å². The number of phenolic OH excluding ortho intramolecular Hbond substituents is 1. The van der Waals surface area contributed by atoms with E-state index in [0.29, 0.717) is 5.02 Å². The molecule has 3 heteroatoms. The second-order valence-electron chi connectivity index (χ2n) is 4.44. The van der Waals surface area contributed by atoms with Gasteiger partial charge < -0.3 is 10.8 Å². The van der Waals surface area contributed by atoms with Crippen molar-refractivity contribution in [2.45, 2.75) is 18.9 Å². The van der Waals surface area contributed by atoms with Gasteiger partial charge in [0.05, 0.1) is 5.02 Å². The summed E-state index contributed by atoms with van der Waals surface area (Å²) in [7, 11) is 0. The Morgan fingerprint density at radius 2 is 1.67 bits per heavy atom. The van der Waals surface area contributed by atoms with E-state index in [1.807, 2.05) is 24.3 Å². The van der Waals surface area contributed by atoms with E-state index in [4.69, 9.17) is 17.3 Å². The lowest BCUT2D eigenvalue weighted by Crippen LogP contribution is -2.25. The fourth-order valence-electron chi connectivity index (χ4n) is 1.97. The molecule has 0 bridgehead atoms. The van der Waals surface area contributed by atoms with Gasteiger partial charge in [0.15, 0.2) is 0 Å². The van der Waals surface area contributed by atoms with Gasteiger partial charge in [0.1, 0.15) is 5.75 Å². The van der Waals surface area contributed by atoms with Crippen LogP contribution < -0.4 is 5.73 Å². The summed E-state index contributed by atoms with van der Waals surface area (Å²) >= 11 is 5.87. The summed E-state index contributed by atoms with van der Waals surface area (Å²) in [6.45, 7) is 0. The van der Waals surface area contributed by atoms with Gasteiger partial charge in [-0.2, -0.15) is 0 Å². The van der Waals surface area contributed by atoms with Crippen LogP contribution in [0.5, 0.6) is 5.75 Å². The molecule has 2 rings (SSSR count). The third kappa shape index (κ3) is 3.49. The Morgan fingerprint density at radius 3 is 2.33 bits per heavy atom. The van der Waals surface area contributed by atoms with Crippen LogP contribution in [0.25, 0.3) is 0 Å². The molecule has 18 heavy (non-hydrogen) atoms. The van der Waals surface area contributed by atoms with Crippen molar-refractivity contribution >= 4 is 11.6 Å². The minimum absolute atomic E-state index is 0.0491. The Kier molecular flexibility index (Phi) is 4.24. The molecular formula is C15H16ClNO. The van der Waals surface area contributed by atoms with Gasteiger partial charge in [0.25, 0.3) is 0 Å². The van der Waals surface area contributed by atoms with E-state index in [-0.39, 0.29) is 11.8 Å². The molecular weight excluding hydrogens is 246 g/mol. The average Bonchev–Trinajstić information content (AvgIpc) is 2.35. The molecule has 0 saturated carbocycles. The Balaban J connectivity index is 1.99. The number of halogens is 1. The zero-order valence-electron chi connectivity index (χ0n) is 10.0. The SMILES string of the molecule is NC(Cc1ccccc1)Cc1ccc(O)c(Cl)c1. The number of nitrogens with two attached hydrogens (primary N) is 1. The summed E-state index contributed by atoms with van der Waals surface area (Å²) in [6, 6.07) is 15.4. The first-order chi connectivity index (χ1) is 8.65. The second-order valence-corrected chi connectivity index (χ2v) is 4.85. The van der Waals surface area contributed by atoms with E-state index >= 15 is 0 Å². The van der Waals surface area contributed by atoms with E-state index in [2.05, 4.69) is 12.1 Å². The van der Waals surface area contributed by atoms with Gasteiger partial charge in [-0.05, 0) is 36.1 Å². The Morgan fingerprint density at radius 1 is 1.00 bits per heavy atom. The minimum atomic E-state index is 0.0491. The molecule has 3 N–H and O–H groups in total. The Bertz CT molecular complexity index is 513. The topological polar surface area (TPSA) is 46.2 Å². The van der Waals surface area contributed by atoms with E-state index < -0.39 is 0 Å². The molecule has 0 radical (unpaired) electrons. The van der Waals surface area contributed by atoms with Crippen LogP contribution in [0.1, 0.15) is 11.1 Å². The van der Waals surface area contributed by atoms with Gasteiger partial charge in [-0.3, -0.25) is 0 Å². The summed E-state index contributed by atoms with van der Waals surface area (Å²) in [5.41, 5.74) is 8.39. The summed E-state index contributed by atoms with van der Waals surface area (Å²) < 4.78 is 0. The highest BCUT2D eigenvalue weighted by molar-refractivity contribution is 6.32. The predicted octanol–water partition coefficient (Wildman–Crippen LogP) is 3.16. The molecule has 94 valence electrons. The first kappa shape index (κ1) is 12.9. The molecule has 1 atom stereocenters. The van der Waals surface area contributed by atoms with E-state index in [1.54, 1.807) is 12.1 Å². The van der Waals surface area contributed by atoms with Crippen molar-refractivity contribution in [3.8, 4) is 5.75 Å². The summed E-state index contributed by atoms with van der Waals surface area (Å²) in [5.74, 6) is 0.108. The van der Waals surface area contributed by atoms with Gasteiger partial charge in [-0.15, -0.1) is 0 Å². The number of phenols is 1. The van der Waals surface area contributed by atoms with Crippen molar-refractivity contribution in [3.05, 3.63) is 64.7 Å². The number of aromatic hydroxyl groups is 1. The quantitative estimate of drug-likeness (QED) is 0.888. The highest BCUT2D eigenvalue weighted by atomic mass is 35.5. The second kappa shape index (κ2) is 5.89. The van der Waals surface area contributed by atoms with Crippen LogP contribution in [-0.2, 0) is 12.8 Å². The molecule has 0 saturated heterocycles. The lowest BCUT2D eigenvalue weighted by Gasteiger charge is -2.12. The molecule has 2 nitrogen and oxygen atoms in total. The number of rotatable bonds is 4. The van der Waals surface area contributed by atoms with Crippen LogP contribution in [0.2, 0.25) is 5.02 Å². The lowest BCUT2D eigenvalue weighted by molar-refractivity contribution is 0.475. The van der Waals surface area contributed by atoms with Crippen LogP contribution >= 0.6 is 11.6 Å². The molecule has 0 aliphatic carbocycles. The molecule has 2 aromatic rings. The van der Waals surface area contributed by atoms with Crippen molar-refractivity contribution in [3.63, 3.8) is 0 Å². The van der Waals surface area contributed by atoms with Crippen LogP contribution in [0, 0.1) is 0 Å². The predicted molar refractivity (Wildman–Crippen MR) is 74.9 cm³/mol.